The summed E-state index contributed by atoms with van der Waals surface area (Å²) in [6.45, 7) is 6.63. The van der Waals surface area contributed by atoms with Gasteiger partial charge in [0.1, 0.15) is 5.75 Å². The molecule has 1 saturated heterocycles. The van der Waals surface area contributed by atoms with Crippen LogP contribution in [0.2, 0.25) is 0 Å². The summed E-state index contributed by atoms with van der Waals surface area (Å²) in [6.07, 6.45) is 4.77. The first-order chi connectivity index (χ1) is 9.20. The number of phenolic OH excluding ortho intramolecular Hbond substituents is 1. The molecule has 1 atom stereocenters. The molecule has 1 aromatic carbocycles. The van der Waals surface area contributed by atoms with Crippen LogP contribution in [0.25, 0.3) is 0 Å². The fourth-order valence-electron chi connectivity index (χ4n) is 3.56. The van der Waals surface area contributed by atoms with Crippen molar-refractivity contribution in [2.75, 3.05) is 19.7 Å². The molecular weight excluding hydrogens is 238 g/mol. The topological polar surface area (TPSA) is 41.5 Å². The fourth-order valence-corrected chi connectivity index (χ4v) is 3.56. The number of rotatable bonds is 1. The summed E-state index contributed by atoms with van der Waals surface area (Å²) in [7, 11) is 0. The fraction of sp³-hybridized carbons (Fsp3) is 0.625. The van der Waals surface area contributed by atoms with Crippen LogP contribution >= 0.6 is 0 Å². The second-order valence-electron chi connectivity index (χ2n) is 5.74. The van der Waals surface area contributed by atoms with Crippen LogP contribution < -0.4 is 5.32 Å². The number of morpholine rings is 1. The van der Waals surface area contributed by atoms with Gasteiger partial charge in [0.05, 0.1) is 12.7 Å². The van der Waals surface area contributed by atoms with Crippen LogP contribution in [0.4, 0.5) is 0 Å². The quantitative estimate of drug-likeness (QED) is 0.816. The van der Waals surface area contributed by atoms with Gasteiger partial charge in [-0.15, -0.1) is 0 Å². The van der Waals surface area contributed by atoms with Crippen LogP contribution in [-0.4, -0.2) is 24.8 Å². The average Bonchev–Trinajstić information content (AvgIpc) is 2.46. The Balaban J connectivity index is 2.10. The Morgan fingerprint density at radius 1 is 1.11 bits per heavy atom. The van der Waals surface area contributed by atoms with Gasteiger partial charge in [0.15, 0.2) is 0 Å². The number of nitrogens with one attached hydrogen (secondary N) is 1. The summed E-state index contributed by atoms with van der Waals surface area (Å²) in [5.41, 5.74) is 6.20. The minimum absolute atomic E-state index is 0.000300. The van der Waals surface area contributed by atoms with Gasteiger partial charge in [0.25, 0.3) is 0 Å². The number of aromatic hydroxyl groups is 1. The number of benzene rings is 1. The van der Waals surface area contributed by atoms with Gasteiger partial charge in [-0.2, -0.15) is 0 Å². The first-order valence-electron chi connectivity index (χ1n) is 7.36. The second-order valence-corrected chi connectivity index (χ2v) is 5.74. The maximum absolute atomic E-state index is 10.6. The highest BCUT2D eigenvalue weighted by Crippen LogP contribution is 2.40. The van der Waals surface area contributed by atoms with E-state index in [1.165, 1.54) is 29.5 Å². The van der Waals surface area contributed by atoms with E-state index < -0.39 is 0 Å². The lowest BCUT2D eigenvalue weighted by Gasteiger charge is -2.30. The Bertz CT molecular complexity index is 490. The van der Waals surface area contributed by atoms with Crippen LogP contribution in [0, 0.1) is 13.8 Å². The number of hydrogen-bond acceptors (Lipinski definition) is 3. The zero-order chi connectivity index (χ0) is 13.4. The maximum atomic E-state index is 10.6. The van der Waals surface area contributed by atoms with Crippen LogP contribution in [0.3, 0.4) is 0 Å². The van der Waals surface area contributed by atoms with Gasteiger partial charge in [-0.1, -0.05) is 0 Å². The summed E-state index contributed by atoms with van der Waals surface area (Å²) in [5.74, 6) is 0.465. The summed E-state index contributed by atoms with van der Waals surface area (Å²) in [5, 5.41) is 13.9. The van der Waals surface area contributed by atoms with Gasteiger partial charge in [-0.3, -0.25) is 0 Å². The summed E-state index contributed by atoms with van der Waals surface area (Å²) in [4.78, 5) is 0. The van der Waals surface area contributed by atoms with Gasteiger partial charge in [-0.25, -0.2) is 0 Å². The summed E-state index contributed by atoms with van der Waals surface area (Å²) >= 11 is 0. The minimum Gasteiger partial charge on any atom is -0.507 e. The smallest absolute Gasteiger partial charge is 0.124 e. The molecular formula is C16H23NO2. The van der Waals surface area contributed by atoms with Gasteiger partial charge in [-0.05, 0) is 61.8 Å². The lowest BCUT2D eigenvalue weighted by molar-refractivity contribution is 0.0258. The third-order valence-electron chi connectivity index (χ3n) is 4.64. The van der Waals surface area contributed by atoms with E-state index in [-0.39, 0.29) is 6.10 Å². The number of phenols is 1. The van der Waals surface area contributed by atoms with E-state index in [1.54, 1.807) is 0 Å². The van der Waals surface area contributed by atoms with Crippen LogP contribution in [0.15, 0.2) is 0 Å². The third kappa shape index (κ3) is 2.15. The SMILES string of the molecule is Cc1c(O)c(C2CNCCO2)c(C)c2c1CCCC2. The molecule has 0 saturated carbocycles. The Morgan fingerprint density at radius 3 is 2.42 bits per heavy atom. The van der Waals surface area contributed by atoms with E-state index in [4.69, 9.17) is 4.74 Å². The van der Waals surface area contributed by atoms with Gasteiger partial charge >= 0.3 is 0 Å². The lowest BCUT2D eigenvalue weighted by atomic mass is 9.81. The first kappa shape index (κ1) is 12.9. The highest BCUT2D eigenvalue weighted by molar-refractivity contribution is 5.56. The third-order valence-corrected chi connectivity index (χ3v) is 4.64. The van der Waals surface area contributed by atoms with Crippen molar-refractivity contribution in [3.8, 4) is 5.75 Å². The first-order valence-corrected chi connectivity index (χ1v) is 7.36. The molecule has 0 aromatic heterocycles. The van der Waals surface area contributed by atoms with Crippen molar-refractivity contribution in [1.29, 1.82) is 0 Å². The van der Waals surface area contributed by atoms with E-state index >= 15 is 0 Å². The van der Waals surface area contributed by atoms with Crippen molar-refractivity contribution in [2.45, 2.75) is 45.6 Å². The van der Waals surface area contributed by atoms with Crippen molar-refractivity contribution in [1.82, 2.24) is 5.32 Å². The van der Waals surface area contributed by atoms with E-state index in [9.17, 15) is 5.11 Å². The Kier molecular flexibility index (Phi) is 3.50. The standard InChI is InChI=1S/C16H23NO2/c1-10-12-5-3-4-6-13(12)11(2)16(18)15(10)14-9-17-7-8-19-14/h14,17-18H,3-9H2,1-2H3. The largest absolute Gasteiger partial charge is 0.507 e. The molecule has 3 nitrogen and oxygen atoms in total. The van der Waals surface area contributed by atoms with Crippen molar-refractivity contribution in [2.24, 2.45) is 0 Å². The van der Waals surface area contributed by atoms with E-state index in [2.05, 4.69) is 19.2 Å². The molecule has 2 aliphatic rings. The average molecular weight is 261 g/mol. The summed E-state index contributed by atoms with van der Waals surface area (Å²) in [6, 6.07) is 0. The van der Waals surface area contributed by atoms with Crippen LogP contribution in [-0.2, 0) is 17.6 Å². The van der Waals surface area contributed by atoms with E-state index in [0.717, 1.165) is 43.7 Å². The number of hydrogen-bond donors (Lipinski definition) is 2. The molecule has 1 unspecified atom stereocenters. The monoisotopic (exact) mass is 261 g/mol. The van der Waals surface area contributed by atoms with Crippen molar-refractivity contribution in [3.05, 3.63) is 27.8 Å². The van der Waals surface area contributed by atoms with Crippen LogP contribution in [0.5, 0.6) is 5.75 Å². The van der Waals surface area contributed by atoms with Crippen molar-refractivity contribution < 1.29 is 9.84 Å². The van der Waals surface area contributed by atoms with Gasteiger partial charge in [0.2, 0.25) is 0 Å². The molecule has 1 aromatic rings. The van der Waals surface area contributed by atoms with Crippen molar-refractivity contribution >= 4 is 0 Å². The zero-order valence-electron chi connectivity index (χ0n) is 11.9. The molecule has 0 spiro atoms. The lowest BCUT2D eigenvalue weighted by Crippen LogP contribution is -2.34. The van der Waals surface area contributed by atoms with Gasteiger partial charge in [0, 0.05) is 18.7 Å². The molecule has 1 aliphatic heterocycles. The van der Waals surface area contributed by atoms with Crippen molar-refractivity contribution in [3.63, 3.8) is 0 Å². The highest BCUT2D eigenvalue weighted by atomic mass is 16.5. The highest BCUT2D eigenvalue weighted by Gasteiger charge is 2.27. The molecule has 0 radical (unpaired) electrons. The summed E-state index contributed by atoms with van der Waals surface area (Å²) < 4.78 is 5.85. The van der Waals surface area contributed by atoms with Gasteiger partial charge < -0.3 is 15.2 Å². The molecule has 1 fully saturated rings. The second kappa shape index (κ2) is 5.14. The molecule has 3 rings (SSSR count). The van der Waals surface area contributed by atoms with Crippen LogP contribution in [0.1, 0.15) is 46.8 Å². The predicted octanol–water partition coefficient (Wildman–Crippen LogP) is 2.55. The number of ether oxygens (including phenoxy) is 1. The maximum Gasteiger partial charge on any atom is 0.124 e. The van der Waals surface area contributed by atoms with E-state index in [1.807, 2.05) is 0 Å². The molecule has 104 valence electrons. The predicted molar refractivity (Wildman–Crippen MR) is 75.8 cm³/mol. The molecule has 3 heteroatoms. The minimum atomic E-state index is -0.000300. The normalized spacial score (nSPS) is 23.2. The molecule has 0 bridgehead atoms. The molecule has 2 N–H and O–H groups in total. The Morgan fingerprint density at radius 2 is 1.79 bits per heavy atom. The molecule has 1 aliphatic carbocycles. The molecule has 19 heavy (non-hydrogen) atoms. The molecule has 0 amide bonds. The Hall–Kier alpha value is -1.06. The Labute approximate surface area is 115 Å². The molecule has 1 heterocycles. The van der Waals surface area contributed by atoms with E-state index in [0.29, 0.717) is 5.75 Å². The number of fused-ring (bicyclic) bond motifs is 1. The zero-order valence-corrected chi connectivity index (χ0v) is 11.9.